The Morgan fingerprint density at radius 2 is 1.75 bits per heavy atom. The lowest BCUT2D eigenvalue weighted by molar-refractivity contribution is -0.169. The third-order valence-corrected chi connectivity index (χ3v) is 2.60. The first-order valence-electron chi connectivity index (χ1n) is 5.36. The molecule has 0 unspecified atom stereocenters. The van der Waals surface area contributed by atoms with Gasteiger partial charge >= 0.3 is 11.9 Å². The molecule has 0 amide bonds. The van der Waals surface area contributed by atoms with Gasteiger partial charge in [0.1, 0.15) is 0 Å². The maximum atomic E-state index is 11.8. The van der Waals surface area contributed by atoms with Crippen molar-refractivity contribution in [3.05, 3.63) is 12.7 Å². The Morgan fingerprint density at radius 3 is 2.06 bits per heavy atom. The Hall–Kier alpha value is -1.32. The number of ether oxygens (including phenoxy) is 2. The van der Waals surface area contributed by atoms with Crippen molar-refractivity contribution >= 4 is 11.9 Å². The van der Waals surface area contributed by atoms with Gasteiger partial charge in [-0.15, -0.1) is 6.58 Å². The predicted octanol–water partition coefficient (Wildman–Crippen LogP) is 2.09. The summed E-state index contributed by atoms with van der Waals surface area (Å²) in [6, 6.07) is 0. The number of methoxy groups -OCH3 is 2. The first-order valence-corrected chi connectivity index (χ1v) is 5.36. The van der Waals surface area contributed by atoms with E-state index in [4.69, 9.17) is 9.47 Å². The summed E-state index contributed by atoms with van der Waals surface area (Å²) in [6.07, 6.45) is 3.87. The van der Waals surface area contributed by atoms with Crippen LogP contribution in [0, 0.1) is 5.41 Å². The highest BCUT2D eigenvalue weighted by Gasteiger charge is 2.46. The highest BCUT2D eigenvalue weighted by atomic mass is 16.5. The van der Waals surface area contributed by atoms with Gasteiger partial charge in [0.05, 0.1) is 14.2 Å². The standard InChI is InChI=1S/C12H20O4/c1-5-7-9-12(8-6-2,10(13)15-3)11(14)16-4/h6H,2,5,7-9H2,1,3-4H3. The van der Waals surface area contributed by atoms with Gasteiger partial charge in [-0.1, -0.05) is 25.8 Å². The molecule has 0 aliphatic carbocycles. The molecular formula is C12H20O4. The van der Waals surface area contributed by atoms with E-state index in [1.54, 1.807) is 6.08 Å². The van der Waals surface area contributed by atoms with Gasteiger partial charge in [-0.25, -0.2) is 0 Å². The van der Waals surface area contributed by atoms with Crippen molar-refractivity contribution in [2.75, 3.05) is 14.2 Å². The Bertz CT molecular complexity index is 242. The van der Waals surface area contributed by atoms with E-state index < -0.39 is 17.4 Å². The quantitative estimate of drug-likeness (QED) is 0.380. The summed E-state index contributed by atoms with van der Waals surface area (Å²) in [7, 11) is 2.55. The van der Waals surface area contributed by atoms with E-state index in [0.717, 1.165) is 12.8 Å². The number of carbonyl (C=O) groups excluding carboxylic acids is 2. The van der Waals surface area contributed by atoms with Crippen LogP contribution in [0.2, 0.25) is 0 Å². The van der Waals surface area contributed by atoms with Crippen molar-refractivity contribution in [2.45, 2.75) is 32.6 Å². The Kier molecular flexibility index (Phi) is 6.46. The van der Waals surface area contributed by atoms with Crippen LogP contribution >= 0.6 is 0 Å². The number of unbranched alkanes of at least 4 members (excludes halogenated alkanes) is 1. The zero-order valence-electron chi connectivity index (χ0n) is 10.2. The molecule has 4 nitrogen and oxygen atoms in total. The van der Waals surface area contributed by atoms with E-state index in [2.05, 4.69) is 6.58 Å². The Balaban J connectivity index is 5.10. The van der Waals surface area contributed by atoms with E-state index >= 15 is 0 Å². The number of hydrogen-bond acceptors (Lipinski definition) is 4. The molecule has 0 spiro atoms. The molecule has 0 aliphatic heterocycles. The Labute approximate surface area is 96.6 Å². The van der Waals surface area contributed by atoms with Crippen molar-refractivity contribution in [1.82, 2.24) is 0 Å². The summed E-state index contributed by atoms with van der Waals surface area (Å²) >= 11 is 0. The monoisotopic (exact) mass is 228 g/mol. The molecule has 0 saturated heterocycles. The van der Waals surface area contributed by atoms with Gasteiger partial charge in [0, 0.05) is 0 Å². The van der Waals surface area contributed by atoms with Gasteiger partial charge in [0.2, 0.25) is 0 Å². The van der Waals surface area contributed by atoms with E-state index in [1.807, 2.05) is 6.92 Å². The minimum atomic E-state index is -1.22. The first kappa shape index (κ1) is 14.7. The minimum absolute atomic E-state index is 0.242. The van der Waals surface area contributed by atoms with Crippen LogP contribution in [0.15, 0.2) is 12.7 Å². The summed E-state index contributed by atoms with van der Waals surface area (Å²) < 4.78 is 9.40. The fraction of sp³-hybridized carbons (Fsp3) is 0.667. The molecule has 0 aromatic carbocycles. The summed E-state index contributed by atoms with van der Waals surface area (Å²) in [5.41, 5.74) is -1.22. The Morgan fingerprint density at radius 1 is 1.25 bits per heavy atom. The molecule has 0 saturated carbocycles. The second-order valence-corrected chi connectivity index (χ2v) is 3.66. The lowest BCUT2D eigenvalue weighted by Crippen LogP contribution is -2.41. The van der Waals surface area contributed by atoms with Crippen LogP contribution in [-0.2, 0) is 19.1 Å². The largest absolute Gasteiger partial charge is 0.468 e. The summed E-state index contributed by atoms with van der Waals surface area (Å²) in [5, 5.41) is 0. The first-order chi connectivity index (χ1) is 7.58. The van der Waals surface area contributed by atoms with Crippen LogP contribution in [0.5, 0.6) is 0 Å². The molecule has 0 rings (SSSR count). The number of hydrogen-bond donors (Lipinski definition) is 0. The maximum Gasteiger partial charge on any atom is 0.323 e. The van der Waals surface area contributed by atoms with E-state index in [0.29, 0.717) is 6.42 Å². The molecule has 0 bridgehead atoms. The van der Waals surface area contributed by atoms with Crippen molar-refractivity contribution in [2.24, 2.45) is 5.41 Å². The van der Waals surface area contributed by atoms with Gasteiger partial charge in [0.25, 0.3) is 0 Å². The van der Waals surface area contributed by atoms with Crippen LogP contribution in [0.1, 0.15) is 32.6 Å². The molecule has 0 atom stereocenters. The molecule has 0 fully saturated rings. The van der Waals surface area contributed by atoms with Gasteiger partial charge in [-0.2, -0.15) is 0 Å². The molecular weight excluding hydrogens is 208 g/mol. The molecule has 92 valence electrons. The highest BCUT2D eigenvalue weighted by molar-refractivity contribution is 6.00. The van der Waals surface area contributed by atoms with Gasteiger partial charge in [-0.05, 0) is 12.8 Å². The number of rotatable bonds is 7. The number of allylic oxidation sites excluding steroid dienone is 1. The molecule has 16 heavy (non-hydrogen) atoms. The average Bonchev–Trinajstić information content (AvgIpc) is 2.32. The average molecular weight is 228 g/mol. The number of carbonyl (C=O) groups is 2. The normalized spacial score (nSPS) is 10.7. The lowest BCUT2D eigenvalue weighted by atomic mass is 9.79. The molecule has 0 heterocycles. The smallest absolute Gasteiger partial charge is 0.323 e. The summed E-state index contributed by atoms with van der Waals surface area (Å²) in [5.74, 6) is -1.10. The van der Waals surface area contributed by atoms with Crippen molar-refractivity contribution in [3.63, 3.8) is 0 Å². The van der Waals surface area contributed by atoms with E-state index in [-0.39, 0.29) is 6.42 Å². The molecule has 0 aromatic heterocycles. The molecule has 0 aromatic rings. The van der Waals surface area contributed by atoms with Gasteiger partial charge in [0.15, 0.2) is 5.41 Å². The topological polar surface area (TPSA) is 52.6 Å². The fourth-order valence-electron chi connectivity index (χ4n) is 1.67. The summed E-state index contributed by atoms with van der Waals surface area (Å²) in [4.78, 5) is 23.5. The van der Waals surface area contributed by atoms with E-state index in [9.17, 15) is 9.59 Å². The third kappa shape index (κ3) is 3.08. The molecule has 4 heteroatoms. The van der Waals surface area contributed by atoms with Crippen LogP contribution in [0.4, 0.5) is 0 Å². The SMILES string of the molecule is C=CCC(CCCC)(C(=O)OC)C(=O)OC. The van der Waals surface area contributed by atoms with Gasteiger partial charge < -0.3 is 9.47 Å². The van der Waals surface area contributed by atoms with Crippen LogP contribution in [-0.4, -0.2) is 26.2 Å². The van der Waals surface area contributed by atoms with Crippen molar-refractivity contribution < 1.29 is 19.1 Å². The van der Waals surface area contributed by atoms with Crippen LogP contribution in [0.3, 0.4) is 0 Å². The predicted molar refractivity (Wildman–Crippen MR) is 60.8 cm³/mol. The second kappa shape index (κ2) is 7.04. The number of esters is 2. The van der Waals surface area contributed by atoms with Crippen molar-refractivity contribution in [1.29, 1.82) is 0 Å². The second-order valence-electron chi connectivity index (χ2n) is 3.66. The fourth-order valence-corrected chi connectivity index (χ4v) is 1.67. The maximum absolute atomic E-state index is 11.8. The van der Waals surface area contributed by atoms with Crippen molar-refractivity contribution in [3.8, 4) is 0 Å². The van der Waals surface area contributed by atoms with Crippen LogP contribution in [0.25, 0.3) is 0 Å². The highest BCUT2D eigenvalue weighted by Crippen LogP contribution is 2.32. The lowest BCUT2D eigenvalue weighted by Gasteiger charge is -2.26. The van der Waals surface area contributed by atoms with E-state index in [1.165, 1.54) is 14.2 Å². The molecule has 0 radical (unpaired) electrons. The zero-order chi connectivity index (χ0) is 12.6. The molecule has 0 N–H and O–H groups in total. The van der Waals surface area contributed by atoms with Crippen LogP contribution < -0.4 is 0 Å². The minimum Gasteiger partial charge on any atom is -0.468 e. The third-order valence-electron chi connectivity index (χ3n) is 2.60. The van der Waals surface area contributed by atoms with Gasteiger partial charge in [-0.3, -0.25) is 9.59 Å². The molecule has 0 aliphatic rings. The zero-order valence-corrected chi connectivity index (χ0v) is 10.2. The summed E-state index contributed by atoms with van der Waals surface area (Å²) in [6.45, 7) is 5.56.